The number of hydrogen-bond donors (Lipinski definition) is 0. The molecule has 1 fully saturated rings. The van der Waals surface area contributed by atoms with Crippen LogP contribution in [0.25, 0.3) is 0 Å². The lowest BCUT2D eigenvalue weighted by atomic mass is 10.1. The van der Waals surface area contributed by atoms with Gasteiger partial charge in [0.05, 0.1) is 16.0 Å². The van der Waals surface area contributed by atoms with Gasteiger partial charge in [0.1, 0.15) is 5.15 Å². The van der Waals surface area contributed by atoms with Crippen LogP contribution in [0.3, 0.4) is 0 Å². The molecule has 0 unspecified atom stereocenters. The summed E-state index contributed by atoms with van der Waals surface area (Å²) >= 11 is 5.72. The monoisotopic (exact) mass is 487 g/mol. The second-order valence-corrected chi connectivity index (χ2v) is 9.24. The molecule has 13 heteroatoms. The minimum atomic E-state index is -5.13. The third-order valence-corrected chi connectivity index (χ3v) is 6.83. The van der Waals surface area contributed by atoms with Crippen LogP contribution < -0.4 is 0 Å². The molecular formula is C18H16ClF6N3O2S. The summed E-state index contributed by atoms with van der Waals surface area (Å²) in [6.07, 6.45) is -8.69. The van der Waals surface area contributed by atoms with Gasteiger partial charge in [0, 0.05) is 38.9 Å². The molecule has 3 rings (SSSR count). The lowest BCUT2D eigenvalue weighted by Gasteiger charge is -2.34. The number of pyridine rings is 1. The molecule has 0 radical (unpaired) electrons. The number of piperazine rings is 1. The van der Waals surface area contributed by atoms with E-state index in [1.165, 1.54) is 0 Å². The fourth-order valence-electron chi connectivity index (χ4n) is 3.11. The van der Waals surface area contributed by atoms with Crippen molar-refractivity contribution in [3.05, 3.63) is 58.4 Å². The summed E-state index contributed by atoms with van der Waals surface area (Å²) in [7, 11) is -4.55. The van der Waals surface area contributed by atoms with Crippen molar-refractivity contribution in [3.8, 4) is 0 Å². The van der Waals surface area contributed by atoms with Crippen molar-refractivity contribution >= 4 is 21.6 Å². The van der Waals surface area contributed by atoms with Gasteiger partial charge in [-0.05, 0) is 29.8 Å². The normalized spacial score (nSPS) is 17.1. The zero-order valence-corrected chi connectivity index (χ0v) is 17.3. The Morgan fingerprint density at radius 1 is 0.903 bits per heavy atom. The van der Waals surface area contributed by atoms with Crippen molar-refractivity contribution < 1.29 is 34.8 Å². The van der Waals surface area contributed by atoms with Crippen LogP contribution in [0.1, 0.15) is 16.7 Å². The molecule has 0 N–H and O–H groups in total. The fourth-order valence-corrected chi connectivity index (χ4v) is 4.72. The molecule has 2 aromatic rings. The molecule has 1 aromatic carbocycles. The topological polar surface area (TPSA) is 53.5 Å². The van der Waals surface area contributed by atoms with Crippen LogP contribution >= 0.6 is 11.6 Å². The van der Waals surface area contributed by atoms with Gasteiger partial charge in [0.25, 0.3) is 0 Å². The summed E-state index contributed by atoms with van der Waals surface area (Å²) in [6.45, 7) is 0.766. The van der Waals surface area contributed by atoms with E-state index in [2.05, 4.69) is 4.98 Å². The van der Waals surface area contributed by atoms with E-state index in [9.17, 15) is 34.8 Å². The highest BCUT2D eigenvalue weighted by Crippen LogP contribution is 2.37. The SMILES string of the molecule is O=S(=O)(c1cc(C(F)(F)F)cc(C(F)(F)F)c1)N1CCN(Cc2ccc(Cl)nc2)CC1. The van der Waals surface area contributed by atoms with Crippen LogP contribution in [0.5, 0.6) is 0 Å². The Labute approximate surface area is 179 Å². The van der Waals surface area contributed by atoms with Crippen LogP contribution in [0.15, 0.2) is 41.4 Å². The van der Waals surface area contributed by atoms with Gasteiger partial charge >= 0.3 is 12.4 Å². The molecule has 170 valence electrons. The third-order valence-electron chi connectivity index (χ3n) is 4.73. The van der Waals surface area contributed by atoms with Crippen LogP contribution in [0, 0.1) is 0 Å². The number of hydrogen-bond acceptors (Lipinski definition) is 4. The van der Waals surface area contributed by atoms with E-state index in [4.69, 9.17) is 11.6 Å². The summed E-state index contributed by atoms with van der Waals surface area (Å²) in [4.78, 5) is 4.80. The van der Waals surface area contributed by atoms with Crippen molar-refractivity contribution in [2.45, 2.75) is 23.8 Å². The summed E-state index contributed by atoms with van der Waals surface area (Å²) in [5, 5.41) is 0.318. The number of halogens is 7. The first-order chi connectivity index (χ1) is 14.3. The van der Waals surface area contributed by atoms with E-state index in [0.29, 0.717) is 11.7 Å². The molecule has 0 atom stereocenters. The van der Waals surface area contributed by atoms with Crippen LogP contribution in [-0.4, -0.2) is 48.8 Å². The highest BCUT2D eigenvalue weighted by molar-refractivity contribution is 7.89. The average molecular weight is 488 g/mol. The zero-order valence-electron chi connectivity index (χ0n) is 15.7. The lowest BCUT2D eigenvalue weighted by molar-refractivity contribution is -0.143. The number of sulfonamides is 1. The van der Waals surface area contributed by atoms with Gasteiger partial charge in [-0.25, -0.2) is 13.4 Å². The summed E-state index contributed by atoms with van der Waals surface area (Å²) in [5.41, 5.74) is -2.52. The van der Waals surface area contributed by atoms with Gasteiger partial charge in [-0.3, -0.25) is 4.90 Å². The molecule has 1 aliphatic rings. The van der Waals surface area contributed by atoms with E-state index in [-0.39, 0.29) is 44.4 Å². The Kier molecular flexibility index (Phi) is 6.57. The Bertz CT molecular complexity index is 1000. The number of rotatable bonds is 4. The van der Waals surface area contributed by atoms with E-state index < -0.39 is 38.4 Å². The minimum Gasteiger partial charge on any atom is -0.296 e. The van der Waals surface area contributed by atoms with Gasteiger partial charge in [0.2, 0.25) is 10.0 Å². The van der Waals surface area contributed by atoms with Gasteiger partial charge in [-0.1, -0.05) is 17.7 Å². The highest BCUT2D eigenvalue weighted by Gasteiger charge is 2.39. The molecule has 1 saturated heterocycles. The van der Waals surface area contributed by atoms with Gasteiger partial charge in [-0.15, -0.1) is 0 Å². The first kappa shape index (κ1) is 23.8. The fraction of sp³-hybridized carbons (Fsp3) is 0.389. The Hall–Kier alpha value is -1.89. The van der Waals surface area contributed by atoms with Crippen molar-refractivity contribution in [3.63, 3.8) is 0 Å². The van der Waals surface area contributed by atoms with Gasteiger partial charge < -0.3 is 0 Å². The molecule has 2 heterocycles. The molecule has 0 bridgehead atoms. The molecular weight excluding hydrogens is 472 g/mol. The second kappa shape index (κ2) is 8.57. The van der Waals surface area contributed by atoms with Crippen LogP contribution in [0.4, 0.5) is 26.3 Å². The molecule has 0 aliphatic carbocycles. The molecule has 0 amide bonds. The lowest BCUT2D eigenvalue weighted by Crippen LogP contribution is -2.48. The third kappa shape index (κ3) is 5.68. The van der Waals surface area contributed by atoms with Crippen molar-refractivity contribution in [2.75, 3.05) is 26.2 Å². The van der Waals surface area contributed by atoms with E-state index in [1.807, 2.05) is 4.90 Å². The first-order valence-electron chi connectivity index (χ1n) is 8.89. The van der Waals surface area contributed by atoms with E-state index >= 15 is 0 Å². The maximum absolute atomic E-state index is 13.1. The molecule has 5 nitrogen and oxygen atoms in total. The van der Waals surface area contributed by atoms with Gasteiger partial charge in [-0.2, -0.15) is 30.6 Å². The van der Waals surface area contributed by atoms with Crippen LogP contribution in [-0.2, 0) is 28.9 Å². The van der Waals surface area contributed by atoms with Crippen molar-refractivity contribution in [2.24, 2.45) is 0 Å². The van der Waals surface area contributed by atoms with E-state index in [1.54, 1.807) is 18.3 Å². The first-order valence-corrected chi connectivity index (χ1v) is 10.7. The van der Waals surface area contributed by atoms with E-state index in [0.717, 1.165) is 9.87 Å². The summed E-state index contributed by atoms with van der Waals surface area (Å²) < 4.78 is 105. The molecule has 31 heavy (non-hydrogen) atoms. The maximum atomic E-state index is 13.1. The second-order valence-electron chi connectivity index (χ2n) is 6.91. The smallest absolute Gasteiger partial charge is 0.296 e. The highest BCUT2D eigenvalue weighted by atomic mass is 35.5. The molecule has 1 aromatic heterocycles. The predicted octanol–water partition coefficient (Wildman–Crippen LogP) is 4.28. The van der Waals surface area contributed by atoms with Crippen molar-refractivity contribution in [1.29, 1.82) is 0 Å². The number of benzene rings is 1. The quantitative estimate of drug-likeness (QED) is 0.477. The number of alkyl halides is 6. The summed E-state index contributed by atoms with van der Waals surface area (Å²) in [6, 6.07) is 3.72. The minimum absolute atomic E-state index is 0.0824. The molecule has 0 spiro atoms. The zero-order chi connectivity index (χ0) is 23.0. The number of aromatic nitrogens is 1. The average Bonchev–Trinajstić information content (AvgIpc) is 2.68. The van der Waals surface area contributed by atoms with Gasteiger partial charge in [0.15, 0.2) is 0 Å². The summed E-state index contributed by atoms with van der Waals surface area (Å²) in [5.74, 6) is 0. The number of nitrogens with zero attached hydrogens (tertiary/aromatic N) is 3. The van der Waals surface area contributed by atoms with Crippen LogP contribution in [0.2, 0.25) is 5.15 Å². The molecule has 1 aliphatic heterocycles. The Morgan fingerprint density at radius 3 is 1.90 bits per heavy atom. The predicted molar refractivity (Wildman–Crippen MR) is 99.7 cm³/mol. The maximum Gasteiger partial charge on any atom is 0.416 e. The standard InChI is InChI=1S/C18H16ClF6N3O2S/c19-16-2-1-12(10-26-16)11-27-3-5-28(6-4-27)31(29,30)15-8-13(17(20,21)22)7-14(9-15)18(23,24)25/h1-2,7-10H,3-6,11H2. The Balaban J connectivity index is 1.80. The van der Waals surface area contributed by atoms with Crippen molar-refractivity contribution in [1.82, 2.24) is 14.2 Å². The Morgan fingerprint density at radius 2 is 1.45 bits per heavy atom. The largest absolute Gasteiger partial charge is 0.416 e. The molecule has 0 saturated carbocycles.